The van der Waals surface area contributed by atoms with Crippen LogP contribution >= 0.6 is 0 Å². The van der Waals surface area contributed by atoms with Gasteiger partial charge in [0.25, 0.3) is 0 Å². The zero-order valence-electron chi connectivity index (χ0n) is 14.1. The number of carbonyl (C=O) groups excluding carboxylic acids is 1. The molecule has 0 spiro atoms. The molecule has 2 N–H and O–H groups in total. The lowest BCUT2D eigenvalue weighted by atomic mass is 10.1. The molecule has 3 heteroatoms. The Balaban J connectivity index is 0. The second-order valence-corrected chi connectivity index (χ2v) is 5.58. The first-order chi connectivity index (χ1) is 9.65. The number of aliphatic carboxylic acids is 1. The van der Waals surface area contributed by atoms with Crippen LogP contribution in [0.4, 0.5) is 0 Å². The highest BCUT2D eigenvalue weighted by Crippen LogP contribution is 2.11. The van der Waals surface area contributed by atoms with Gasteiger partial charge in [-0.15, -0.1) is 0 Å². The van der Waals surface area contributed by atoms with Gasteiger partial charge in [-0.1, -0.05) is 71.1 Å². The van der Waals surface area contributed by atoms with Crippen molar-refractivity contribution in [3.8, 4) is 0 Å². The summed E-state index contributed by atoms with van der Waals surface area (Å²) in [6, 6.07) is 0. The van der Waals surface area contributed by atoms with Crippen molar-refractivity contribution >= 4 is 5.97 Å². The maximum Gasteiger partial charge on any atom is 0.0753 e. The molecule has 0 radical (unpaired) electrons. The number of hydrogen-bond donors (Lipinski definition) is 1. The third kappa shape index (κ3) is 30.5. The van der Waals surface area contributed by atoms with Crippen LogP contribution < -0.4 is 10.4 Å². The van der Waals surface area contributed by atoms with Gasteiger partial charge in [0.1, 0.15) is 0 Å². The maximum absolute atomic E-state index is 8.89. The summed E-state index contributed by atoms with van der Waals surface area (Å²) in [4.78, 5) is 8.89. The highest BCUT2D eigenvalue weighted by Gasteiger charge is 1.93. The van der Waals surface area contributed by atoms with Crippen molar-refractivity contribution in [1.82, 2.24) is 0 Å². The number of carbonyl (C=O) groups is 1. The predicted molar refractivity (Wildman–Crippen MR) is 84.5 cm³/mol. The van der Waals surface area contributed by atoms with Crippen LogP contribution in [0.5, 0.6) is 0 Å². The van der Waals surface area contributed by atoms with Gasteiger partial charge in [-0.3, -0.25) is 0 Å². The molecule has 0 aromatic carbocycles. The molecule has 0 bridgehead atoms. The van der Waals surface area contributed by atoms with Gasteiger partial charge in [0.2, 0.25) is 0 Å². The zero-order valence-corrected chi connectivity index (χ0v) is 14.1. The summed E-state index contributed by atoms with van der Waals surface area (Å²) in [7, 11) is 2.17. The van der Waals surface area contributed by atoms with Crippen LogP contribution in [0, 0.1) is 0 Å². The highest BCUT2D eigenvalue weighted by atomic mass is 16.4. The molecule has 0 saturated carbocycles. The van der Waals surface area contributed by atoms with Crippen LogP contribution in [0.3, 0.4) is 0 Å². The van der Waals surface area contributed by atoms with E-state index in [9.17, 15) is 0 Å². The van der Waals surface area contributed by atoms with Crippen molar-refractivity contribution in [1.29, 1.82) is 0 Å². The standard InChI is InChI=1S/C15H33N.C2H4O2/c1-3-4-5-6-7-8-9-10-11-12-13-14-15-16-2;1-2(3)4/h16H,3-15H2,1-2H3;1H3,(H,3,4). The molecule has 0 aromatic rings. The monoisotopic (exact) mass is 287 g/mol. The molecule has 20 heavy (non-hydrogen) atoms. The minimum absolute atomic E-state index is 0.972. The molecule has 0 rings (SSSR count). The Morgan fingerprint density at radius 1 is 0.800 bits per heavy atom. The van der Waals surface area contributed by atoms with Crippen LogP contribution in [0.2, 0.25) is 0 Å². The van der Waals surface area contributed by atoms with Crippen LogP contribution in [-0.4, -0.2) is 19.6 Å². The highest BCUT2D eigenvalue weighted by molar-refractivity contribution is 5.60. The summed E-state index contributed by atoms with van der Waals surface area (Å²) in [6.07, 6.45) is 17.4. The quantitative estimate of drug-likeness (QED) is 0.529. The van der Waals surface area contributed by atoms with E-state index < -0.39 is 5.97 Å². The van der Waals surface area contributed by atoms with Crippen LogP contribution in [0.15, 0.2) is 0 Å². The molecule has 3 nitrogen and oxygen atoms in total. The van der Waals surface area contributed by atoms with Crippen molar-refractivity contribution in [3.63, 3.8) is 0 Å². The van der Waals surface area contributed by atoms with E-state index in [-0.39, 0.29) is 0 Å². The van der Waals surface area contributed by atoms with E-state index in [2.05, 4.69) is 19.3 Å². The summed E-state index contributed by atoms with van der Waals surface area (Å²) >= 11 is 0. The van der Waals surface area contributed by atoms with E-state index in [0.29, 0.717) is 0 Å². The Labute approximate surface area is 126 Å². The molecule has 0 heterocycles. The number of carboxylic acid groups (broad SMARTS) is 1. The van der Waals surface area contributed by atoms with Crippen molar-refractivity contribution in [2.45, 2.75) is 90.9 Å². The molecule has 0 unspecified atom stereocenters. The number of carboxylic acids is 1. The van der Waals surface area contributed by atoms with Crippen molar-refractivity contribution in [2.75, 3.05) is 13.6 Å². The first-order valence-electron chi connectivity index (χ1n) is 8.60. The summed E-state index contributed by atoms with van der Waals surface area (Å²) in [6.45, 7) is 4.58. The van der Waals surface area contributed by atoms with Gasteiger partial charge in [0, 0.05) is 5.97 Å². The Morgan fingerprint density at radius 2 is 1.10 bits per heavy atom. The third-order valence-electron chi connectivity index (χ3n) is 3.35. The smallest absolute Gasteiger partial charge is 0.0753 e. The molecule has 0 atom stereocenters. The zero-order chi connectivity index (χ0) is 15.5. The molecule has 0 aromatic heterocycles. The van der Waals surface area contributed by atoms with Crippen molar-refractivity contribution < 1.29 is 15.2 Å². The van der Waals surface area contributed by atoms with Gasteiger partial charge >= 0.3 is 0 Å². The average Bonchev–Trinajstić information content (AvgIpc) is 2.39. The fourth-order valence-electron chi connectivity index (χ4n) is 2.19. The Bertz CT molecular complexity index is 166. The van der Waals surface area contributed by atoms with Crippen LogP contribution in [0.25, 0.3) is 0 Å². The molecule has 0 aliphatic rings. The van der Waals surface area contributed by atoms with Crippen molar-refractivity contribution in [3.05, 3.63) is 0 Å². The van der Waals surface area contributed by atoms with Gasteiger partial charge < -0.3 is 15.2 Å². The second-order valence-electron chi connectivity index (χ2n) is 5.58. The summed E-state index contributed by atoms with van der Waals surface area (Å²) in [5, 5.41) is 11.2. The van der Waals surface area contributed by atoms with E-state index in [0.717, 1.165) is 6.92 Å². The third-order valence-corrected chi connectivity index (χ3v) is 3.35. The van der Waals surface area contributed by atoms with E-state index in [1.54, 1.807) is 0 Å². The fourth-order valence-corrected chi connectivity index (χ4v) is 2.19. The second kappa shape index (κ2) is 20.7. The molecule has 0 saturated heterocycles. The molecule has 0 aliphatic carbocycles. The number of unbranched alkanes of at least 4 members (excludes halogenated alkanes) is 11. The number of rotatable bonds is 13. The average molecular weight is 287 g/mol. The van der Waals surface area contributed by atoms with Crippen LogP contribution in [0.1, 0.15) is 90.9 Å². The Kier molecular flexibility index (Phi) is 22.5. The number of hydrogen-bond acceptors (Lipinski definition) is 2. The fraction of sp³-hybridized carbons (Fsp3) is 0.941. The van der Waals surface area contributed by atoms with Gasteiger partial charge in [0.05, 0.1) is 13.6 Å². The van der Waals surface area contributed by atoms with Gasteiger partial charge in [-0.05, 0) is 19.8 Å². The summed E-state index contributed by atoms with van der Waals surface area (Å²) < 4.78 is 0. The van der Waals surface area contributed by atoms with E-state index in [4.69, 9.17) is 9.90 Å². The van der Waals surface area contributed by atoms with E-state index in [1.807, 2.05) is 0 Å². The van der Waals surface area contributed by atoms with Gasteiger partial charge in [0.15, 0.2) is 0 Å². The molecular weight excluding hydrogens is 250 g/mol. The lowest BCUT2D eigenvalue weighted by molar-refractivity contribution is -0.627. The molecule has 122 valence electrons. The van der Waals surface area contributed by atoms with Gasteiger partial charge in [-0.25, -0.2) is 0 Å². The van der Waals surface area contributed by atoms with Crippen LogP contribution in [-0.2, 0) is 4.79 Å². The maximum atomic E-state index is 8.89. The van der Waals surface area contributed by atoms with E-state index in [1.165, 1.54) is 83.6 Å². The Morgan fingerprint density at radius 3 is 1.40 bits per heavy atom. The Hall–Kier alpha value is -0.570. The first kappa shape index (κ1) is 21.7. The predicted octanol–water partition coefficient (Wildman–Crippen LogP) is 2.64. The normalized spacial score (nSPS) is 9.95. The largest absolute Gasteiger partial charge is 0.550 e. The van der Waals surface area contributed by atoms with Gasteiger partial charge in [-0.2, -0.15) is 0 Å². The SMILES string of the molecule is CC(=O)[O-].CCCCCCCCCCCCCC[NH2+]C. The van der Waals surface area contributed by atoms with Crippen molar-refractivity contribution in [2.24, 2.45) is 0 Å². The number of nitrogens with two attached hydrogens (primary N) is 1. The molecule has 0 fully saturated rings. The number of quaternary nitrogens is 1. The lowest BCUT2D eigenvalue weighted by Crippen LogP contribution is -2.79. The lowest BCUT2D eigenvalue weighted by Gasteiger charge is -2.02. The molecule has 0 amide bonds. The van der Waals surface area contributed by atoms with E-state index >= 15 is 0 Å². The summed E-state index contributed by atoms with van der Waals surface area (Å²) in [5.74, 6) is -1.08. The molecular formula is C17H37NO2. The minimum atomic E-state index is -1.08. The topological polar surface area (TPSA) is 56.7 Å². The first-order valence-corrected chi connectivity index (χ1v) is 8.60. The summed E-state index contributed by atoms with van der Waals surface area (Å²) in [5.41, 5.74) is 0. The molecule has 0 aliphatic heterocycles. The minimum Gasteiger partial charge on any atom is -0.550 e.